The summed E-state index contributed by atoms with van der Waals surface area (Å²) in [5, 5.41) is 19.9. The van der Waals surface area contributed by atoms with Crippen LogP contribution in [0, 0.1) is 11.3 Å². The SMILES string of the molecule is N#CCCCn1nnnc1-c1cccnc1. The zero-order valence-corrected chi connectivity index (χ0v) is 8.61. The van der Waals surface area contributed by atoms with Crippen LogP contribution in [0.2, 0.25) is 0 Å². The molecule has 16 heavy (non-hydrogen) atoms. The van der Waals surface area contributed by atoms with Crippen molar-refractivity contribution in [2.75, 3.05) is 0 Å². The molecule has 0 amide bonds. The van der Waals surface area contributed by atoms with Crippen molar-refractivity contribution in [3.63, 3.8) is 0 Å². The monoisotopic (exact) mass is 214 g/mol. The second-order valence-electron chi connectivity index (χ2n) is 3.23. The van der Waals surface area contributed by atoms with Gasteiger partial charge in [0.15, 0.2) is 5.82 Å². The van der Waals surface area contributed by atoms with E-state index < -0.39 is 0 Å². The molecule has 0 N–H and O–H groups in total. The molecule has 0 saturated carbocycles. The van der Waals surface area contributed by atoms with E-state index in [-0.39, 0.29) is 0 Å². The van der Waals surface area contributed by atoms with Crippen LogP contribution in [-0.2, 0) is 6.54 Å². The van der Waals surface area contributed by atoms with Gasteiger partial charge in [0.05, 0.1) is 6.07 Å². The number of nitrogens with zero attached hydrogens (tertiary/aromatic N) is 6. The molecule has 80 valence electrons. The van der Waals surface area contributed by atoms with Gasteiger partial charge in [-0.05, 0) is 29.0 Å². The number of hydrogen-bond donors (Lipinski definition) is 0. The van der Waals surface area contributed by atoms with Crippen LogP contribution in [-0.4, -0.2) is 25.2 Å². The fourth-order valence-electron chi connectivity index (χ4n) is 1.36. The smallest absolute Gasteiger partial charge is 0.183 e. The molecule has 0 saturated heterocycles. The molecule has 2 aromatic rings. The van der Waals surface area contributed by atoms with E-state index in [0.717, 1.165) is 12.0 Å². The van der Waals surface area contributed by atoms with Gasteiger partial charge >= 0.3 is 0 Å². The van der Waals surface area contributed by atoms with Gasteiger partial charge < -0.3 is 0 Å². The average molecular weight is 214 g/mol. The van der Waals surface area contributed by atoms with Crippen molar-refractivity contribution in [1.29, 1.82) is 5.26 Å². The summed E-state index contributed by atoms with van der Waals surface area (Å²) in [5.41, 5.74) is 0.879. The van der Waals surface area contributed by atoms with Gasteiger partial charge in [0.1, 0.15) is 0 Å². The Labute approximate surface area is 92.5 Å². The van der Waals surface area contributed by atoms with Gasteiger partial charge in [0, 0.05) is 30.9 Å². The summed E-state index contributed by atoms with van der Waals surface area (Å²) in [6, 6.07) is 5.83. The molecule has 2 aromatic heterocycles. The van der Waals surface area contributed by atoms with Crippen molar-refractivity contribution in [3.8, 4) is 17.5 Å². The highest BCUT2D eigenvalue weighted by molar-refractivity contribution is 5.52. The van der Waals surface area contributed by atoms with E-state index in [0.29, 0.717) is 18.8 Å². The number of nitriles is 1. The maximum atomic E-state index is 8.46. The van der Waals surface area contributed by atoms with Crippen LogP contribution in [0.4, 0.5) is 0 Å². The predicted octanol–water partition coefficient (Wildman–Crippen LogP) is 1.04. The second-order valence-corrected chi connectivity index (χ2v) is 3.23. The minimum atomic E-state index is 0.506. The molecular weight excluding hydrogens is 204 g/mol. The molecule has 0 aliphatic rings. The summed E-state index contributed by atoms with van der Waals surface area (Å²) in [6.45, 7) is 0.644. The van der Waals surface area contributed by atoms with Crippen molar-refractivity contribution in [1.82, 2.24) is 25.2 Å². The maximum absolute atomic E-state index is 8.46. The summed E-state index contributed by atoms with van der Waals surface area (Å²) < 4.78 is 1.69. The highest BCUT2D eigenvalue weighted by Gasteiger charge is 2.07. The molecule has 0 bridgehead atoms. The van der Waals surface area contributed by atoms with Crippen LogP contribution < -0.4 is 0 Å². The summed E-state index contributed by atoms with van der Waals surface area (Å²) in [6.07, 6.45) is 4.67. The van der Waals surface area contributed by atoms with Crippen molar-refractivity contribution in [2.45, 2.75) is 19.4 Å². The van der Waals surface area contributed by atoms with Gasteiger partial charge in [-0.1, -0.05) is 0 Å². The lowest BCUT2D eigenvalue weighted by Crippen LogP contribution is -2.03. The Morgan fingerprint density at radius 3 is 3.12 bits per heavy atom. The molecule has 6 heteroatoms. The van der Waals surface area contributed by atoms with Gasteiger partial charge in [0.2, 0.25) is 0 Å². The molecule has 0 fully saturated rings. The molecule has 6 nitrogen and oxygen atoms in total. The van der Waals surface area contributed by atoms with Crippen molar-refractivity contribution in [3.05, 3.63) is 24.5 Å². The van der Waals surface area contributed by atoms with Crippen molar-refractivity contribution >= 4 is 0 Å². The van der Waals surface area contributed by atoms with Crippen LogP contribution in [0.5, 0.6) is 0 Å². The number of aromatic nitrogens is 5. The number of hydrogen-bond acceptors (Lipinski definition) is 5. The quantitative estimate of drug-likeness (QED) is 0.710. The molecule has 2 heterocycles. The topological polar surface area (TPSA) is 80.3 Å². The van der Waals surface area contributed by atoms with Gasteiger partial charge in [-0.25, -0.2) is 4.68 Å². The van der Waals surface area contributed by atoms with Gasteiger partial charge in [-0.2, -0.15) is 5.26 Å². The minimum absolute atomic E-state index is 0.506. The first kappa shape index (κ1) is 10.2. The van der Waals surface area contributed by atoms with E-state index in [2.05, 4.69) is 26.6 Å². The Morgan fingerprint density at radius 1 is 1.44 bits per heavy atom. The number of rotatable bonds is 4. The Hall–Kier alpha value is -2.29. The summed E-state index contributed by atoms with van der Waals surface area (Å²) in [7, 11) is 0. The Kier molecular flexibility index (Phi) is 3.18. The highest BCUT2D eigenvalue weighted by Crippen LogP contribution is 2.13. The molecule has 0 radical (unpaired) electrons. The maximum Gasteiger partial charge on any atom is 0.183 e. The fraction of sp³-hybridized carbons (Fsp3) is 0.300. The Balaban J connectivity index is 2.17. The molecule has 0 unspecified atom stereocenters. The molecule has 0 aliphatic heterocycles. The first-order valence-electron chi connectivity index (χ1n) is 4.95. The lowest BCUT2D eigenvalue weighted by Gasteiger charge is -2.01. The lowest BCUT2D eigenvalue weighted by atomic mass is 10.2. The molecule has 0 atom stereocenters. The van der Waals surface area contributed by atoms with E-state index in [1.54, 1.807) is 17.1 Å². The van der Waals surface area contributed by atoms with E-state index in [4.69, 9.17) is 5.26 Å². The molecule has 0 aromatic carbocycles. The summed E-state index contributed by atoms with van der Waals surface area (Å²) >= 11 is 0. The Bertz CT molecular complexity index is 484. The van der Waals surface area contributed by atoms with Crippen molar-refractivity contribution in [2.24, 2.45) is 0 Å². The molecule has 0 aliphatic carbocycles. The van der Waals surface area contributed by atoms with Crippen molar-refractivity contribution < 1.29 is 0 Å². The number of tetrazole rings is 1. The van der Waals surface area contributed by atoms with Crippen LogP contribution in [0.3, 0.4) is 0 Å². The van der Waals surface area contributed by atoms with Crippen LogP contribution in [0.15, 0.2) is 24.5 Å². The number of pyridine rings is 1. The number of aryl methyl sites for hydroxylation is 1. The third kappa shape index (κ3) is 2.20. The van der Waals surface area contributed by atoms with Crippen LogP contribution in [0.1, 0.15) is 12.8 Å². The Morgan fingerprint density at radius 2 is 2.38 bits per heavy atom. The second kappa shape index (κ2) is 4.98. The summed E-state index contributed by atoms with van der Waals surface area (Å²) in [5.74, 6) is 0.686. The molecule has 2 rings (SSSR count). The third-order valence-electron chi connectivity index (χ3n) is 2.11. The largest absolute Gasteiger partial charge is 0.264 e. The lowest BCUT2D eigenvalue weighted by molar-refractivity contribution is 0.569. The zero-order chi connectivity index (χ0) is 11.2. The van der Waals surface area contributed by atoms with E-state index in [1.165, 1.54) is 0 Å². The van der Waals surface area contributed by atoms with E-state index >= 15 is 0 Å². The van der Waals surface area contributed by atoms with E-state index in [9.17, 15) is 0 Å². The number of unbranched alkanes of at least 4 members (excludes halogenated alkanes) is 1. The van der Waals surface area contributed by atoms with Crippen LogP contribution >= 0.6 is 0 Å². The predicted molar refractivity (Wildman–Crippen MR) is 55.9 cm³/mol. The van der Waals surface area contributed by atoms with Crippen LogP contribution in [0.25, 0.3) is 11.4 Å². The average Bonchev–Trinajstić information content (AvgIpc) is 2.79. The first-order valence-corrected chi connectivity index (χ1v) is 4.95. The van der Waals surface area contributed by atoms with Gasteiger partial charge in [-0.15, -0.1) is 5.10 Å². The van der Waals surface area contributed by atoms with E-state index in [1.807, 2.05) is 12.1 Å². The minimum Gasteiger partial charge on any atom is -0.264 e. The highest BCUT2D eigenvalue weighted by atomic mass is 15.5. The molecule has 0 spiro atoms. The standard InChI is InChI=1S/C10H10N6/c11-5-1-2-7-16-10(13-14-15-16)9-4-3-6-12-8-9/h3-4,6,8H,1-2,7H2. The summed E-state index contributed by atoms with van der Waals surface area (Å²) in [4.78, 5) is 4.02. The fourth-order valence-corrected chi connectivity index (χ4v) is 1.36. The zero-order valence-electron chi connectivity index (χ0n) is 8.61. The van der Waals surface area contributed by atoms with Gasteiger partial charge in [0.25, 0.3) is 0 Å². The normalized spacial score (nSPS) is 9.94. The molecular formula is C10H10N6. The van der Waals surface area contributed by atoms with Gasteiger partial charge in [-0.3, -0.25) is 4.98 Å². The first-order chi connectivity index (χ1) is 7.92. The third-order valence-corrected chi connectivity index (χ3v) is 2.11.